The predicted molar refractivity (Wildman–Crippen MR) is 172 cm³/mol. The Balaban J connectivity index is 1.25. The molecular weight excluding hydrogens is 578 g/mol. The summed E-state index contributed by atoms with van der Waals surface area (Å²) in [5, 5.41) is 14.8. The second kappa shape index (κ2) is 11.2. The molecule has 1 amide bonds. The summed E-state index contributed by atoms with van der Waals surface area (Å²) >= 11 is 7.18. The van der Waals surface area contributed by atoms with Crippen LogP contribution < -0.4 is 4.90 Å². The number of anilines is 1. The molecule has 4 fully saturated rings. The van der Waals surface area contributed by atoms with Gasteiger partial charge in [-0.1, -0.05) is 25.1 Å². The maximum Gasteiger partial charge on any atom is 0.245 e. The largest absolute Gasteiger partial charge is 0.376 e. The Bertz CT molecular complexity index is 1580. The summed E-state index contributed by atoms with van der Waals surface area (Å²) in [4.78, 5) is 19.1. The highest BCUT2D eigenvalue weighted by atomic mass is 35.5. The molecule has 3 saturated heterocycles. The molecule has 1 spiro atoms. The van der Waals surface area contributed by atoms with Crippen LogP contribution in [0.4, 0.5) is 5.82 Å². The summed E-state index contributed by atoms with van der Waals surface area (Å²) < 4.78 is 14.0. The first-order valence-electron chi connectivity index (χ1n) is 16.0. The zero-order valence-corrected chi connectivity index (χ0v) is 27.1. The molecule has 0 radical (unpaired) electrons. The van der Waals surface area contributed by atoms with Crippen molar-refractivity contribution in [3.05, 3.63) is 41.2 Å². The summed E-state index contributed by atoms with van der Waals surface area (Å²) in [6.45, 7) is 19.7. The standard InChI is InChI=1S/C33H44ClN7O3/c1-6-27(42)39-19-33(20-39)13-23(14-33)41-22(4)28(29-25-15-35-36-26(25)12-21(3)30(29)34)31(37-41)40-9-8-38(18-32(40,5)7-2)16-24-17-43-10-11-44-24/h6,12,15,23-24H,1,7-11,13-14,16-20H2,2-5H3,(H,35,36)/t24-,32-/m0/s1. The molecule has 2 aromatic heterocycles. The average molecular weight is 622 g/mol. The van der Waals surface area contributed by atoms with Gasteiger partial charge >= 0.3 is 0 Å². The number of likely N-dealkylation sites (tertiary alicyclic amines) is 1. The van der Waals surface area contributed by atoms with Gasteiger partial charge in [0.15, 0.2) is 5.82 Å². The van der Waals surface area contributed by atoms with Gasteiger partial charge < -0.3 is 19.3 Å². The van der Waals surface area contributed by atoms with Crippen LogP contribution in [0.3, 0.4) is 0 Å². The second-order valence-electron chi connectivity index (χ2n) is 13.7. The number of aromatic amines is 1. The van der Waals surface area contributed by atoms with Crippen LogP contribution in [0, 0.1) is 19.3 Å². The number of aryl methyl sites for hydroxylation is 1. The van der Waals surface area contributed by atoms with Gasteiger partial charge in [0, 0.05) is 66.9 Å². The topological polar surface area (TPSA) is 91.8 Å². The summed E-state index contributed by atoms with van der Waals surface area (Å²) in [5.74, 6) is 1.02. The number of amides is 1. The van der Waals surface area contributed by atoms with Crippen LogP contribution in [-0.4, -0.2) is 106 Å². The van der Waals surface area contributed by atoms with Crippen LogP contribution in [0.25, 0.3) is 22.0 Å². The van der Waals surface area contributed by atoms with Crippen LogP contribution >= 0.6 is 11.6 Å². The van der Waals surface area contributed by atoms with Gasteiger partial charge in [0.05, 0.1) is 54.2 Å². The van der Waals surface area contributed by atoms with Gasteiger partial charge in [-0.25, -0.2) is 0 Å². The van der Waals surface area contributed by atoms with Crippen molar-refractivity contribution >= 4 is 34.2 Å². The second-order valence-corrected chi connectivity index (χ2v) is 14.1. The number of halogens is 1. The highest BCUT2D eigenvalue weighted by molar-refractivity contribution is 6.36. The molecule has 1 aliphatic carbocycles. The number of nitrogens with one attached hydrogen (secondary N) is 1. The van der Waals surface area contributed by atoms with E-state index in [4.69, 9.17) is 26.2 Å². The first kappa shape index (κ1) is 29.8. The fourth-order valence-electron chi connectivity index (χ4n) is 8.11. The first-order valence-corrected chi connectivity index (χ1v) is 16.4. The van der Waals surface area contributed by atoms with Crippen molar-refractivity contribution in [2.24, 2.45) is 5.41 Å². The Labute approximate surface area is 264 Å². The number of piperazine rings is 1. The Morgan fingerprint density at radius 3 is 2.70 bits per heavy atom. The third-order valence-electron chi connectivity index (χ3n) is 10.7. The van der Waals surface area contributed by atoms with Crippen LogP contribution in [0.1, 0.15) is 50.4 Å². The first-order chi connectivity index (χ1) is 21.1. The minimum Gasteiger partial charge on any atom is -0.376 e. The van der Waals surface area contributed by atoms with E-state index >= 15 is 0 Å². The van der Waals surface area contributed by atoms with Gasteiger partial charge in [0.1, 0.15) is 0 Å². The summed E-state index contributed by atoms with van der Waals surface area (Å²) in [6.07, 6.45) is 6.42. The zero-order chi connectivity index (χ0) is 30.8. The van der Waals surface area contributed by atoms with Crippen molar-refractivity contribution in [2.75, 3.05) is 64.0 Å². The summed E-state index contributed by atoms with van der Waals surface area (Å²) in [5.41, 5.74) is 5.26. The molecular formula is C33H44ClN7O3. The van der Waals surface area contributed by atoms with E-state index in [1.165, 1.54) is 6.08 Å². The molecule has 10 nitrogen and oxygen atoms in total. The Morgan fingerprint density at radius 1 is 1.20 bits per heavy atom. The number of hydrogen-bond acceptors (Lipinski definition) is 7. The highest BCUT2D eigenvalue weighted by Gasteiger charge is 2.55. The van der Waals surface area contributed by atoms with E-state index in [0.717, 1.165) is 103 Å². The molecule has 44 heavy (non-hydrogen) atoms. The molecule has 3 aliphatic heterocycles. The lowest BCUT2D eigenvalue weighted by molar-refractivity contribution is -0.149. The number of carbonyl (C=O) groups is 1. The summed E-state index contributed by atoms with van der Waals surface area (Å²) in [6, 6.07) is 2.35. The van der Waals surface area contributed by atoms with Crippen LogP contribution in [0.5, 0.6) is 0 Å². The van der Waals surface area contributed by atoms with E-state index in [1.54, 1.807) is 0 Å². The molecule has 0 bridgehead atoms. The third-order valence-corrected chi connectivity index (χ3v) is 11.2. The Hall–Kier alpha value is -2.92. The number of fused-ring (bicyclic) bond motifs is 1. The number of benzene rings is 1. The molecule has 4 aliphatic rings. The maximum absolute atomic E-state index is 12.1. The average Bonchev–Trinajstić information content (AvgIpc) is 3.57. The van der Waals surface area contributed by atoms with E-state index in [9.17, 15) is 4.79 Å². The molecule has 1 N–H and O–H groups in total. The number of hydrogen-bond donors (Lipinski definition) is 1. The van der Waals surface area contributed by atoms with Gasteiger partial charge in [-0.05, 0) is 57.7 Å². The van der Waals surface area contributed by atoms with Crippen molar-refractivity contribution in [1.82, 2.24) is 29.8 Å². The lowest BCUT2D eigenvalue weighted by Gasteiger charge is -2.58. The van der Waals surface area contributed by atoms with E-state index in [-0.39, 0.29) is 29.0 Å². The van der Waals surface area contributed by atoms with Crippen LogP contribution in [-0.2, 0) is 14.3 Å². The zero-order valence-electron chi connectivity index (χ0n) is 26.4. The normalized spacial score (nSPS) is 25.8. The highest BCUT2D eigenvalue weighted by Crippen LogP contribution is 2.56. The van der Waals surface area contributed by atoms with Gasteiger partial charge in [-0.15, -0.1) is 0 Å². The fourth-order valence-corrected chi connectivity index (χ4v) is 8.36. The third kappa shape index (κ3) is 4.85. The molecule has 2 atom stereocenters. The van der Waals surface area contributed by atoms with Crippen molar-refractivity contribution in [3.63, 3.8) is 0 Å². The van der Waals surface area contributed by atoms with Crippen molar-refractivity contribution < 1.29 is 14.3 Å². The van der Waals surface area contributed by atoms with Crippen LogP contribution in [0.15, 0.2) is 24.9 Å². The van der Waals surface area contributed by atoms with Crippen molar-refractivity contribution in [1.29, 1.82) is 0 Å². The SMILES string of the molecule is C=CC(=O)N1CC2(CC(n3nc(N4CCN(C[C@H]5COCCO5)C[C@]4(C)CC)c(-c4c(Cl)c(C)cc5[nH]ncc45)c3C)C2)C1. The van der Waals surface area contributed by atoms with Gasteiger partial charge in [0.25, 0.3) is 0 Å². The molecule has 3 aromatic rings. The number of rotatable bonds is 7. The monoisotopic (exact) mass is 621 g/mol. The van der Waals surface area contributed by atoms with E-state index < -0.39 is 0 Å². The summed E-state index contributed by atoms with van der Waals surface area (Å²) in [7, 11) is 0. The molecule has 7 rings (SSSR count). The number of H-pyrrole nitrogens is 1. The van der Waals surface area contributed by atoms with Crippen molar-refractivity contribution in [3.8, 4) is 11.1 Å². The van der Waals surface area contributed by atoms with E-state index in [0.29, 0.717) is 19.8 Å². The van der Waals surface area contributed by atoms with Gasteiger partial charge in [-0.3, -0.25) is 19.5 Å². The molecule has 0 unspecified atom stereocenters. The molecule has 1 aromatic carbocycles. The molecule has 11 heteroatoms. The smallest absolute Gasteiger partial charge is 0.245 e. The van der Waals surface area contributed by atoms with Crippen molar-refractivity contribution in [2.45, 2.75) is 64.6 Å². The minimum absolute atomic E-state index is 0.0257. The molecule has 1 saturated carbocycles. The van der Waals surface area contributed by atoms with Crippen LogP contribution in [0.2, 0.25) is 5.02 Å². The lowest BCUT2D eigenvalue weighted by Crippen LogP contribution is -2.63. The quantitative estimate of drug-likeness (QED) is 0.381. The number of carbonyl (C=O) groups excluding carboxylic acids is 1. The maximum atomic E-state index is 12.1. The van der Waals surface area contributed by atoms with Gasteiger partial charge in [-0.2, -0.15) is 10.2 Å². The molecule has 236 valence electrons. The predicted octanol–water partition coefficient (Wildman–Crippen LogP) is 4.75. The fraction of sp³-hybridized carbons (Fsp3) is 0.606. The molecule has 5 heterocycles. The minimum atomic E-state index is -0.139. The number of aromatic nitrogens is 4. The Kier molecular flexibility index (Phi) is 7.55. The number of ether oxygens (including phenoxy) is 2. The number of nitrogens with zero attached hydrogens (tertiary/aromatic N) is 6. The lowest BCUT2D eigenvalue weighted by atomic mass is 9.60. The van der Waals surface area contributed by atoms with E-state index in [2.05, 4.69) is 65.0 Å². The van der Waals surface area contributed by atoms with E-state index in [1.807, 2.05) is 11.1 Å². The Morgan fingerprint density at radius 2 is 2.00 bits per heavy atom. The van der Waals surface area contributed by atoms with Gasteiger partial charge in [0.2, 0.25) is 5.91 Å².